The summed E-state index contributed by atoms with van der Waals surface area (Å²) in [5.41, 5.74) is 1.88. The molecule has 5 nitrogen and oxygen atoms in total. The summed E-state index contributed by atoms with van der Waals surface area (Å²) in [7, 11) is 0. The number of rotatable bonds is 7. The van der Waals surface area contributed by atoms with Gasteiger partial charge in [-0.1, -0.05) is 19.8 Å². The zero-order chi connectivity index (χ0) is 21.9. The SMILES string of the molecule is CCCCCc1cc(OC(C)=O)c2c(c1)OC(C)(C)[C@@H]1CC[C@H](COC(C)=O)CC21. The van der Waals surface area contributed by atoms with Crippen molar-refractivity contribution in [1.29, 1.82) is 0 Å². The summed E-state index contributed by atoms with van der Waals surface area (Å²) in [6.45, 7) is 9.87. The first-order valence-electron chi connectivity index (χ1n) is 11.4. The molecule has 30 heavy (non-hydrogen) atoms. The molecule has 3 rings (SSSR count). The van der Waals surface area contributed by atoms with Gasteiger partial charge in [0.1, 0.15) is 17.1 Å². The van der Waals surface area contributed by atoms with Gasteiger partial charge in [0, 0.05) is 25.3 Å². The van der Waals surface area contributed by atoms with Crippen LogP contribution in [0, 0.1) is 11.8 Å². The number of hydrogen-bond donors (Lipinski definition) is 0. The zero-order valence-corrected chi connectivity index (χ0v) is 19.1. The molecule has 1 aromatic rings. The summed E-state index contributed by atoms with van der Waals surface area (Å²) in [5, 5.41) is 0. The van der Waals surface area contributed by atoms with Crippen molar-refractivity contribution in [3.8, 4) is 11.5 Å². The Labute approximate surface area is 180 Å². The molecule has 1 unspecified atom stereocenters. The third-order valence-electron chi connectivity index (χ3n) is 6.60. The number of aryl methyl sites for hydroxylation is 1. The Morgan fingerprint density at radius 1 is 1.13 bits per heavy atom. The van der Waals surface area contributed by atoms with E-state index >= 15 is 0 Å². The van der Waals surface area contributed by atoms with Crippen LogP contribution in [0.4, 0.5) is 0 Å². The molecule has 1 aliphatic heterocycles. The Morgan fingerprint density at radius 2 is 1.90 bits per heavy atom. The molecule has 1 aromatic carbocycles. The lowest BCUT2D eigenvalue weighted by atomic mass is 9.64. The predicted molar refractivity (Wildman–Crippen MR) is 116 cm³/mol. The number of carbonyl (C=O) groups excluding carboxylic acids is 2. The maximum absolute atomic E-state index is 11.9. The van der Waals surface area contributed by atoms with E-state index < -0.39 is 0 Å². The maximum Gasteiger partial charge on any atom is 0.308 e. The van der Waals surface area contributed by atoms with Crippen LogP contribution in [0.3, 0.4) is 0 Å². The fourth-order valence-corrected chi connectivity index (χ4v) is 5.22. The lowest BCUT2D eigenvalue weighted by Crippen LogP contribution is -2.47. The Hall–Kier alpha value is -2.04. The van der Waals surface area contributed by atoms with E-state index in [1.165, 1.54) is 26.7 Å². The molecule has 3 atom stereocenters. The molecule has 0 N–H and O–H groups in total. The van der Waals surface area contributed by atoms with Crippen molar-refractivity contribution in [3.63, 3.8) is 0 Å². The first-order valence-corrected chi connectivity index (χ1v) is 11.4. The number of fused-ring (bicyclic) bond motifs is 3. The average molecular weight is 417 g/mol. The minimum absolute atomic E-state index is 0.220. The molecule has 0 radical (unpaired) electrons. The minimum atomic E-state index is -0.309. The molecule has 1 aliphatic carbocycles. The van der Waals surface area contributed by atoms with Gasteiger partial charge in [-0.15, -0.1) is 0 Å². The Kier molecular flexibility index (Phi) is 7.10. The summed E-state index contributed by atoms with van der Waals surface area (Å²) < 4.78 is 17.5. The van der Waals surface area contributed by atoms with Crippen molar-refractivity contribution < 1.29 is 23.8 Å². The second-order valence-electron chi connectivity index (χ2n) is 9.46. The lowest BCUT2D eigenvalue weighted by molar-refractivity contribution is -0.143. The summed E-state index contributed by atoms with van der Waals surface area (Å²) >= 11 is 0. The molecule has 0 amide bonds. The normalized spacial score (nSPS) is 24.2. The molecule has 0 bridgehead atoms. The topological polar surface area (TPSA) is 61.8 Å². The van der Waals surface area contributed by atoms with Crippen molar-refractivity contribution >= 4 is 11.9 Å². The van der Waals surface area contributed by atoms with Crippen LogP contribution >= 0.6 is 0 Å². The Balaban J connectivity index is 1.96. The van der Waals surface area contributed by atoms with Gasteiger partial charge in [0.25, 0.3) is 0 Å². The predicted octanol–water partition coefficient (Wildman–Crippen LogP) is 5.58. The van der Waals surface area contributed by atoms with Crippen molar-refractivity contribution in [2.24, 2.45) is 11.8 Å². The summed E-state index contributed by atoms with van der Waals surface area (Å²) in [6, 6.07) is 4.18. The van der Waals surface area contributed by atoms with E-state index in [2.05, 4.69) is 26.8 Å². The minimum Gasteiger partial charge on any atom is -0.487 e. The summed E-state index contributed by atoms with van der Waals surface area (Å²) in [4.78, 5) is 23.2. The van der Waals surface area contributed by atoms with Crippen LogP contribution in [0.1, 0.15) is 90.2 Å². The largest absolute Gasteiger partial charge is 0.487 e. The number of ether oxygens (including phenoxy) is 3. The van der Waals surface area contributed by atoms with Crippen LogP contribution in [0.25, 0.3) is 0 Å². The second kappa shape index (κ2) is 9.40. The zero-order valence-electron chi connectivity index (χ0n) is 19.1. The van der Waals surface area contributed by atoms with E-state index in [9.17, 15) is 9.59 Å². The molecule has 1 fully saturated rings. The lowest BCUT2D eigenvalue weighted by Gasteiger charge is -2.49. The van der Waals surface area contributed by atoms with Crippen LogP contribution in [0.2, 0.25) is 0 Å². The van der Waals surface area contributed by atoms with Gasteiger partial charge in [0.2, 0.25) is 0 Å². The maximum atomic E-state index is 11.9. The van der Waals surface area contributed by atoms with Gasteiger partial charge in [0.15, 0.2) is 0 Å². The van der Waals surface area contributed by atoms with Crippen molar-refractivity contribution in [2.75, 3.05) is 6.61 Å². The van der Waals surface area contributed by atoms with Gasteiger partial charge in [-0.05, 0) is 75.5 Å². The molecule has 1 heterocycles. The van der Waals surface area contributed by atoms with Gasteiger partial charge in [0.05, 0.1) is 6.61 Å². The van der Waals surface area contributed by atoms with E-state index in [0.717, 1.165) is 49.0 Å². The molecule has 0 spiro atoms. The fraction of sp³-hybridized carbons (Fsp3) is 0.680. The van der Waals surface area contributed by atoms with E-state index in [1.54, 1.807) is 0 Å². The molecule has 1 saturated carbocycles. The van der Waals surface area contributed by atoms with Gasteiger partial charge in [-0.2, -0.15) is 0 Å². The highest BCUT2D eigenvalue weighted by Gasteiger charge is 2.48. The first-order chi connectivity index (χ1) is 14.2. The monoisotopic (exact) mass is 416 g/mol. The molecule has 0 aromatic heterocycles. The van der Waals surface area contributed by atoms with Crippen LogP contribution in [0.5, 0.6) is 11.5 Å². The molecule has 5 heteroatoms. The Morgan fingerprint density at radius 3 is 2.57 bits per heavy atom. The highest BCUT2D eigenvalue weighted by atomic mass is 16.5. The van der Waals surface area contributed by atoms with Gasteiger partial charge < -0.3 is 14.2 Å². The Bertz CT molecular complexity index is 782. The highest BCUT2D eigenvalue weighted by molar-refractivity contribution is 5.71. The van der Waals surface area contributed by atoms with E-state index in [4.69, 9.17) is 14.2 Å². The summed E-state index contributed by atoms with van der Waals surface area (Å²) in [6.07, 6.45) is 7.31. The molecule has 0 saturated heterocycles. The first kappa shape index (κ1) is 22.6. The van der Waals surface area contributed by atoms with E-state index in [-0.39, 0.29) is 23.5 Å². The fourth-order valence-electron chi connectivity index (χ4n) is 5.22. The number of esters is 2. The number of carbonyl (C=O) groups is 2. The molecule has 166 valence electrons. The third-order valence-corrected chi connectivity index (χ3v) is 6.60. The molecular formula is C25H36O5. The number of unbranched alkanes of at least 4 members (excludes halogenated alkanes) is 2. The van der Waals surface area contributed by atoms with Crippen molar-refractivity contribution in [1.82, 2.24) is 0 Å². The summed E-state index contributed by atoms with van der Waals surface area (Å²) in [5.74, 6) is 1.81. The van der Waals surface area contributed by atoms with Crippen LogP contribution < -0.4 is 9.47 Å². The second-order valence-corrected chi connectivity index (χ2v) is 9.46. The van der Waals surface area contributed by atoms with Gasteiger partial charge in [-0.3, -0.25) is 9.59 Å². The van der Waals surface area contributed by atoms with Crippen LogP contribution in [0.15, 0.2) is 12.1 Å². The van der Waals surface area contributed by atoms with Gasteiger partial charge in [-0.25, -0.2) is 0 Å². The molecular weight excluding hydrogens is 380 g/mol. The molecule has 2 aliphatic rings. The van der Waals surface area contributed by atoms with Gasteiger partial charge >= 0.3 is 11.9 Å². The van der Waals surface area contributed by atoms with Crippen LogP contribution in [-0.2, 0) is 20.7 Å². The highest BCUT2D eigenvalue weighted by Crippen LogP contribution is 2.55. The number of hydrogen-bond acceptors (Lipinski definition) is 5. The van der Waals surface area contributed by atoms with E-state index in [0.29, 0.717) is 24.2 Å². The third kappa shape index (κ3) is 5.16. The van der Waals surface area contributed by atoms with E-state index in [1.807, 2.05) is 6.07 Å². The van der Waals surface area contributed by atoms with Crippen molar-refractivity contribution in [2.45, 2.75) is 91.1 Å². The average Bonchev–Trinajstić information content (AvgIpc) is 2.65. The smallest absolute Gasteiger partial charge is 0.308 e. The quantitative estimate of drug-likeness (QED) is 0.330. The van der Waals surface area contributed by atoms with Crippen LogP contribution in [-0.4, -0.2) is 24.1 Å². The standard InChI is InChI=1S/C25H36O5/c1-6-7-8-9-18-13-22(29-17(3)27)24-20-12-19(15-28-16(2)26)10-11-21(20)25(4,5)30-23(24)14-18/h13-14,19-21H,6-12,15H2,1-5H3/t19-,20?,21+/m0/s1. The number of benzene rings is 1. The van der Waals surface area contributed by atoms with Crippen molar-refractivity contribution in [3.05, 3.63) is 23.3 Å².